The van der Waals surface area contributed by atoms with Gasteiger partial charge in [0.25, 0.3) is 10.0 Å². The summed E-state index contributed by atoms with van der Waals surface area (Å²) in [6, 6.07) is 17.7. The first-order valence-electron chi connectivity index (χ1n) is 11.2. The zero-order chi connectivity index (χ0) is 25.6. The van der Waals surface area contributed by atoms with Crippen molar-refractivity contribution in [3.8, 4) is 11.5 Å². The molecule has 0 fully saturated rings. The van der Waals surface area contributed by atoms with Crippen molar-refractivity contribution in [1.29, 1.82) is 0 Å². The van der Waals surface area contributed by atoms with E-state index in [-0.39, 0.29) is 35.4 Å². The van der Waals surface area contributed by atoms with E-state index in [1.165, 1.54) is 12.1 Å². The van der Waals surface area contributed by atoms with Gasteiger partial charge in [-0.3, -0.25) is 4.31 Å². The molecule has 9 heteroatoms. The average molecular weight is 508 g/mol. The number of hydrogen-bond acceptors (Lipinski definition) is 4. The molecule has 0 saturated heterocycles. The molecule has 0 N–H and O–H groups in total. The summed E-state index contributed by atoms with van der Waals surface area (Å²) in [5.74, 6) is 0.235. The molecule has 0 saturated carbocycles. The molecule has 0 bridgehead atoms. The average Bonchev–Trinajstić information content (AvgIpc) is 2.81. The number of hydrogen-bond donors (Lipinski definition) is 0. The fraction of sp³-hybridized carbons (Fsp3) is 0.308. The van der Waals surface area contributed by atoms with Gasteiger partial charge >= 0.3 is 6.18 Å². The van der Waals surface area contributed by atoms with Gasteiger partial charge in [-0.15, -0.1) is 0 Å². The molecule has 35 heavy (non-hydrogen) atoms. The van der Waals surface area contributed by atoms with Crippen molar-refractivity contribution in [3.05, 3.63) is 83.9 Å². The first kappa shape index (κ1) is 26.4. The number of alkyl halides is 3. The highest BCUT2D eigenvalue weighted by atomic mass is 32.2. The van der Waals surface area contributed by atoms with Gasteiger partial charge in [0.15, 0.2) is 0 Å². The van der Waals surface area contributed by atoms with Crippen molar-refractivity contribution < 1.29 is 31.1 Å². The summed E-state index contributed by atoms with van der Waals surface area (Å²) in [5, 5.41) is 0. The Morgan fingerprint density at radius 3 is 2.14 bits per heavy atom. The van der Waals surface area contributed by atoms with E-state index in [2.05, 4.69) is 0 Å². The standard InChI is InChI=1S/C26H28F3NO4S/c1-4-33-22-11-13-23(14-12-22)35(31,32)30(17-19(2)3)24-15-10-21(26(27,28)29)16-25(24)34-18-20-8-6-5-7-9-20/h5-16,19H,4,17-18H2,1-3H3. The molecule has 5 nitrogen and oxygen atoms in total. The second-order valence-electron chi connectivity index (χ2n) is 8.29. The molecule has 0 aliphatic heterocycles. The van der Waals surface area contributed by atoms with Crippen LogP contribution in [0, 0.1) is 5.92 Å². The molecule has 0 radical (unpaired) electrons. The third-order valence-electron chi connectivity index (χ3n) is 5.05. The van der Waals surface area contributed by atoms with Crippen LogP contribution in [0.25, 0.3) is 0 Å². The molecule has 3 rings (SSSR count). The van der Waals surface area contributed by atoms with Crippen molar-refractivity contribution in [2.24, 2.45) is 5.92 Å². The molecule has 3 aromatic carbocycles. The minimum absolute atomic E-state index is 0.00416. The highest BCUT2D eigenvalue weighted by molar-refractivity contribution is 7.92. The SMILES string of the molecule is CCOc1ccc(S(=O)(=O)N(CC(C)C)c2ccc(C(F)(F)F)cc2OCc2ccccc2)cc1. The van der Waals surface area contributed by atoms with Crippen LogP contribution in [0.15, 0.2) is 77.7 Å². The number of ether oxygens (including phenoxy) is 2. The minimum Gasteiger partial charge on any atom is -0.494 e. The lowest BCUT2D eigenvalue weighted by molar-refractivity contribution is -0.137. The summed E-state index contributed by atoms with van der Waals surface area (Å²) >= 11 is 0. The van der Waals surface area contributed by atoms with Crippen LogP contribution >= 0.6 is 0 Å². The van der Waals surface area contributed by atoms with Crippen molar-refractivity contribution in [2.75, 3.05) is 17.5 Å². The monoisotopic (exact) mass is 507 g/mol. The maximum Gasteiger partial charge on any atom is 0.416 e. The predicted molar refractivity (Wildman–Crippen MR) is 129 cm³/mol. The first-order chi connectivity index (χ1) is 16.5. The van der Waals surface area contributed by atoms with Crippen LogP contribution in [0.2, 0.25) is 0 Å². The summed E-state index contributed by atoms with van der Waals surface area (Å²) < 4.78 is 80.0. The van der Waals surface area contributed by atoms with Crippen LogP contribution in [0.1, 0.15) is 31.9 Å². The lowest BCUT2D eigenvalue weighted by Crippen LogP contribution is -2.34. The van der Waals surface area contributed by atoms with E-state index in [0.717, 1.165) is 28.1 Å². The number of anilines is 1. The molecule has 0 spiro atoms. The summed E-state index contributed by atoms with van der Waals surface area (Å²) in [4.78, 5) is -0.00416. The molecular weight excluding hydrogens is 479 g/mol. The number of rotatable bonds is 10. The first-order valence-corrected chi connectivity index (χ1v) is 12.6. The maximum absolute atomic E-state index is 13.7. The molecule has 0 amide bonds. The fourth-order valence-electron chi connectivity index (χ4n) is 3.41. The topological polar surface area (TPSA) is 55.8 Å². The zero-order valence-corrected chi connectivity index (χ0v) is 20.6. The Labute approximate surface area is 204 Å². The van der Waals surface area contributed by atoms with Crippen LogP contribution < -0.4 is 13.8 Å². The van der Waals surface area contributed by atoms with Crippen LogP contribution in [0.4, 0.5) is 18.9 Å². The quantitative estimate of drug-likeness (QED) is 0.313. The Morgan fingerprint density at radius 2 is 1.57 bits per heavy atom. The van der Waals surface area contributed by atoms with Gasteiger partial charge in [0, 0.05) is 6.54 Å². The predicted octanol–water partition coefficient (Wildman–Crippen LogP) is 6.53. The van der Waals surface area contributed by atoms with E-state index in [4.69, 9.17) is 9.47 Å². The van der Waals surface area contributed by atoms with Crippen LogP contribution in [0.5, 0.6) is 11.5 Å². The van der Waals surface area contributed by atoms with Crippen molar-refractivity contribution >= 4 is 15.7 Å². The second kappa shape index (κ2) is 11.0. The molecule has 3 aromatic rings. The van der Waals surface area contributed by atoms with E-state index >= 15 is 0 Å². The maximum atomic E-state index is 13.7. The number of benzene rings is 3. The molecule has 188 valence electrons. The van der Waals surface area contributed by atoms with Gasteiger partial charge in [0.05, 0.1) is 22.8 Å². The largest absolute Gasteiger partial charge is 0.494 e. The Bertz CT molecular complexity index is 1210. The molecule has 0 aliphatic carbocycles. The second-order valence-corrected chi connectivity index (χ2v) is 10.2. The molecule has 0 aromatic heterocycles. The third-order valence-corrected chi connectivity index (χ3v) is 6.84. The van der Waals surface area contributed by atoms with Crippen LogP contribution in [0.3, 0.4) is 0 Å². The Hall–Kier alpha value is -3.20. The molecule has 0 atom stereocenters. The summed E-state index contributed by atoms with van der Waals surface area (Å²) in [5.41, 5.74) is -0.149. The molecular formula is C26H28F3NO4S. The van der Waals surface area contributed by atoms with Gasteiger partial charge in [-0.25, -0.2) is 8.42 Å². The van der Waals surface area contributed by atoms with E-state index in [1.807, 2.05) is 26.8 Å². The highest BCUT2D eigenvalue weighted by Gasteiger charge is 2.34. The van der Waals surface area contributed by atoms with Crippen LogP contribution in [-0.2, 0) is 22.8 Å². The van der Waals surface area contributed by atoms with Crippen molar-refractivity contribution in [1.82, 2.24) is 0 Å². The Balaban J connectivity index is 2.07. The van der Waals surface area contributed by atoms with Gasteiger partial charge in [0.1, 0.15) is 18.1 Å². The fourth-order valence-corrected chi connectivity index (χ4v) is 5.05. The molecule has 0 aliphatic rings. The smallest absolute Gasteiger partial charge is 0.416 e. The normalized spacial score (nSPS) is 12.0. The van der Waals surface area contributed by atoms with Gasteiger partial charge in [-0.05, 0) is 60.9 Å². The van der Waals surface area contributed by atoms with Gasteiger partial charge in [0.2, 0.25) is 0 Å². The summed E-state index contributed by atoms with van der Waals surface area (Å²) in [7, 11) is -4.12. The number of halogens is 3. The van der Waals surface area contributed by atoms with E-state index in [9.17, 15) is 21.6 Å². The minimum atomic E-state index is -4.61. The van der Waals surface area contributed by atoms with Crippen molar-refractivity contribution in [2.45, 2.75) is 38.4 Å². The van der Waals surface area contributed by atoms with E-state index in [1.54, 1.807) is 36.4 Å². The number of sulfonamides is 1. The zero-order valence-electron chi connectivity index (χ0n) is 19.7. The summed E-state index contributed by atoms with van der Waals surface area (Å²) in [6.45, 7) is 5.93. The third kappa shape index (κ3) is 6.69. The van der Waals surface area contributed by atoms with Gasteiger partial charge in [-0.2, -0.15) is 13.2 Å². The van der Waals surface area contributed by atoms with Gasteiger partial charge < -0.3 is 9.47 Å². The lowest BCUT2D eigenvalue weighted by atomic mass is 10.1. The van der Waals surface area contributed by atoms with Crippen LogP contribution in [-0.4, -0.2) is 21.6 Å². The highest BCUT2D eigenvalue weighted by Crippen LogP contribution is 2.39. The molecule has 0 unspecified atom stereocenters. The Kier molecular flexibility index (Phi) is 8.32. The molecule has 0 heterocycles. The Morgan fingerprint density at radius 1 is 0.914 bits per heavy atom. The van der Waals surface area contributed by atoms with Gasteiger partial charge in [-0.1, -0.05) is 44.2 Å². The number of nitrogens with zero attached hydrogens (tertiary/aromatic N) is 1. The van der Waals surface area contributed by atoms with Crippen molar-refractivity contribution in [3.63, 3.8) is 0 Å². The van der Waals surface area contributed by atoms with E-state index in [0.29, 0.717) is 12.4 Å². The summed E-state index contributed by atoms with van der Waals surface area (Å²) in [6.07, 6.45) is -4.61. The van der Waals surface area contributed by atoms with E-state index < -0.39 is 21.8 Å². The lowest BCUT2D eigenvalue weighted by Gasteiger charge is -2.28.